The summed E-state index contributed by atoms with van der Waals surface area (Å²) in [5.41, 5.74) is -1.67. The number of carbonyl (C=O) groups excluding carboxylic acids is 1. The first-order valence-electron chi connectivity index (χ1n) is 3.11. The van der Waals surface area contributed by atoms with Crippen LogP contribution in [0.25, 0.3) is 0 Å². The summed E-state index contributed by atoms with van der Waals surface area (Å²) in [7, 11) is -5.18. The molecule has 0 aliphatic carbocycles. The zero-order valence-corrected chi connectivity index (χ0v) is 9.17. The third-order valence-corrected chi connectivity index (χ3v) is 1.65. The van der Waals surface area contributed by atoms with E-state index in [0.717, 1.165) is 0 Å². The summed E-state index contributed by atoms with van der Waals surface area (Å²) in [5.74, 6) is 0. The van der Waals surface area contributed by atoms with Gasteiger partial charge in [0.15, 0.2) is 0 Å². The van der Waals surface area contributed by atoms with Crippen LogP contribution in [0.3, 0.4) is 0 Å². The predicted molar refractivity (Wildman–Crippen MR) is 33.8 cm³/mol. The second-order valence-corrected chi connectivity index (χ2v) is 3.46. The largest absolute Gasteiger partial charge is 1.00 e. The fraction of sp³-hybridized carbons (Fsp3) is 0.800. The Morgan fingerprint density at radius 2 is 1.85 bits per heavy atom. The van der Waals surface area contributed by atoms with Gasteiger partial charge in [0.05, 0.1) is 6.10 Å². The molecule has 0 spiro atoms. The van der Waals surface area contributed by atoms with E-state index >= 15 is 0 Å². The summed E-state index contributed by atoms with van der Waals surface area (Å²) >= 11 is 0. The van der Waals surface area contributed by atoms with Crippen LogP contribution in [-0.4, -0.2) is 11.8 Å². The van der Waals surface area contributed by atoms with Crippen molar-refractivity contribution >= 4 is 13.3 Å². The molecule has 0 heterocycles. The zero-order chi connectivity index (χ0) is 9.07. The SMILES string of the molecule is CCC(C)OC(=O)P(=O)([O-])[O-].[Li+].[Li+]. The fourth-order valence-corrected chi connectivity index (χ4v) is 0.629. The summed E-state index contributed by atoms with van der Waals surface area (Å²) < 4.78 is 14.2. The van der Waals surface area contributed by atoms with Crippen molar-refractivity contribution in [3.8, 4) is 0 Å². The Kier molecular flexibility index (Phi) is 12.2. The standard InChI is InChI=1S/C5H11O5P.2Li/c1-3-4(2)10-5(6)11(7,8)9;;/h4H,3H2,1-2H3,(H2,7,8,9);;/q;2*+1/p-2. The Hall–Kier alpha value is 0.815. The van der Waals surface area contributed by atoms with E-state index in [0.29, 0.717) is 6.42 Å². The molecule has 1 unspecified atom stereocenters. The van der Waals surface area contributed by atoms with Crippen molar-refractivity contribution in [1.29, 1.82) is 0 Å². The van der Waals surface area contributed by atoms with Gasteiger partial charge in [0, 0.05) is 7.60 Å². The Bertz CT molecular complexity index is 191. The molecule has 0 fully saturated rings. The Morgan fingerprint density at radius 3 is 2.08 bits per heavy atom. The Labute approximate surface area is 101 Å². The van der Waals surface area contributed by atoms with E-state index in [1.54, 1.807) is 6.92 Å². The van der Waals surface area contributed by atoms with E-state index in [1.807, 2.05) is 0 Å². The van der Waals surface area contributed by atoms with Crippen LogP contribution in [0.1, 0.15) is 20.3 Å². The molecule has 0 saturated carbocycles. The maximum Gasteiger partial charge on any atom is 1.00 e. The normalized spacial score (nSPS) is 12.0. The quantitative estimate of drug-likeness (QED) is 0.329. The van der Waals surface area contributed by atoms with Gasteiger partial charge in [-0.25, -0.2) is 4.79 Å². The van der Waals surface area contributed by atoms with Gasteiger partial charge in [0.1, 0.15) is 0 Å². The van der Waals surface area contributed by atoms with Crippen LogP contribution in [-0.2, 0) is 9.30 Å². The maximum absolute atomic E-state index is 10.3. The van der Waals surface area contributed by atoms with Crippen LogP contribution >= 0.6 is 7.60 Å². The molecule has 0 aromatic rings. The molecule has 0 aromatic carbocycles. The number of ether oxygens (including phenoxy) is 1. The van der Waals surface area contributed by atoms with Crippen molar-refractivity contribution in [2.45, 2.75) is 26.4 Å². The molecule has 66 valence electrons. The minimum Gasteiger partial charge on any atom is -0.803 e. The molecule has 0 saturated heterocycles. The molecule has 0 N–H and O–H groups in total. The van der Waals surface area contributed by atoms with Crippen LogP contribution in [0.2, 0.25) is 0 Å². The second-order valence-electron chi connectivity index (χ2n) is 2.10. The fourth-order valence-electron chi connectivity index (χ4n) is 0.320. The summed E-state index contributed by atoms with van der Waals surface area (Å²) in [4.78, 5) is 30.3. The number of hydrogen-bond acceptors (Lipinski definition) is 5. The van der Waals surface area contributed by atoms with Crippen LogP contribution < -0.4 is 47.5 Å². The summed E-state index contributed by atoms with van der Waals surface area (Å²) in [6.45, 7) is 3.21. The van der Waals surface area contributed by atoms with Crippen molar-refractivity contribution < 1.29 is 61.6 Å². The van der Waals surface area contributed by atoms with Crippen molar-refractivity contribution in [2.75, 3.05) is 0 Å². The molecule has 8 heteroatoms. The first-order chi connectivity index (χ1) is 4.88. The van der Waals surface area contributed by atoms with Gasteiger partial charge in [-0.15, -0.1) is 0 Å². The molecule has 1 atom stereocenters. The second kappa shape index (κ2) is 8.15. The third kappa shape index (κ3) is 9.13. The average Bonchev–Trinajstić information content (AvgIpc) is 1.85. The van der Waals surface area contributed by atoms with E-state index in [-0.39, 0.29) is 37.7 Å². The van der Waals surface area contributed by atoms with Crippen LogP contribution in [0, 0.1) is 0 Å². The Balaban J connectivity index is -0.000000500. The van der Waals surface area contributed by atoms with Crippen molar-refractivity contribution in [3.05, 3.63) is 0 Å². The van der Waals surface area contributed by atoms with E-state index in [4.69, 9.17) is 0 Å². The molecule has 0 aliphatic rings. The summed E-state index contributed by atoms with van der Waals surface area (Å²) in [6, 6.07) is 0. The first kappa shape index (κ1) is 19.4. The molecule has 0 radical (unpaired) electrons. The van der Waals surface area contributed by atoms with Gasteiger partial charge < -0.3 is 19.1 Å². The molecule has 0 aromatic heterocycles. The van der Waals surface area contributed by atoms with E-state index in [1.165, 1.54) is 6.92 Å². The van der Waals surface area contributed by atoms with Gasteiger partial charge >= 0.3 is 43.4 Å². The van der Waals surface area contributed by atoms with E-state index in [9.17, 15) is 19.1 Å². The number of carbonyl (C=O) groups is 1. The zero-order valence-electron chi connectivity index (χ0n) is 8.27. The van der Waals surface area contributed by atoms with E-state index in [2.05, 4.69) is 4.74 Å². The minimum atomic E-state index is -5.18. The minimum absolute atomic E-state index is 0. The van der Waals surface area contributed by atoms with Crippen LogP contribution in [0.4, 0.5) is 4.79 Å². The maximum atomic E-state index is 10.3. The first-order valence-corrected chi connectivity index (χ1v) is 4.65. The third-order valence-electron chi connectivity index (χ3n) is 1.10. The van der Waals surface area contributed by atoms with Crippen molar-refractivity contribution in [1.82, 2.24) is 0 Å². The van der Waals surface area contributed by atoms with Crippen molar-refractivity contribution in [2.24, 2.45) is 0 Å². The predicted octanol–water partition coefficient (Wildman–Crippen LogP) is -6.16. The summed E-state index contributed by atoms with van der Waals surface area (Å²) in [6.07, 6.45) is -0.0510. The van der Waals surface area contributed by atoms with Crippen LogP contribution in [0.15, 0.2) is 0 Å². The van der Waals surface area contributed by atoms with Gasteiger partial charge in [-0.05, 0) is 13.3 Å². The molecule has 0 rings (SSSR count). The topological polar surface area (TPSA) is 89.5 Å². The molecular formula is C5H9Li2O5P. The van der Waals surface area contributed by atoms with Crippen molar-refractivity contribution in [3.63, 3.8) is 0 Å². The molecular weight excluding hydrogens is 185 g/mol. The molecule has 13 heavy (non-hydrogen) atoms. The van der Waals surface area contributed by atoms with Crippen LogP contribution in [0.5, 0.6) is 0 Å². The monoisotopic (exact) mass is 194 g/mol. The Morgan fingerprint density at radius 1 is 1.46 bits per heavy atom. The number of rotatable bonds is 3. The number of hydrogen-bond donors (Lipinski definition) is 0. The van der Waals surface area contributed by atoms with Gasteiger partial charge in [-0.2, -0.15) is 0 Å². The average molecular weight is 194 g/mol. The molecule has 5 nitrogen and oxygen atoms in total. The van der Waals surface area contributed by atoms with Gasteiger partial charge in [0.2, 0.25) is 0 Å². The summed E-state index contributed by atoms with van der Waals surface area (Å²) in [5, 5.41) is 0. The molecule has 0 bridgehead atoms. The molecule has 0 aliphatic heterocycles. The van der Waals surface area contributed by atoms with E-state index < -0.39 is 19.4 Å². The van der Waals surface area contributed by atoms with Gasteiger partial charge in [0.25, 0.3) is 0 Å². The van der Waals surface area contributed by atoms with Gasteiger partial charge in [-0.1, -0.05) is 6.92 Å². The smallest absolute Gasteiger partial charge is 0.803 e. The molecule has 0 amide bonds. The van der Waals surface area contributed by atoms with Gasteiger partial charge in [-0.3, -0.25) is 0 Å².